The van der Waals surface area contributed by atoms with Gasteiger partial charge in [0, 0.05) is 31.7 Å². The zero-order chi connectivity index (χ0) is 22.0. The Kier molecular flexibility index (Phi) is 15.9. The molecule has 0 aromatic heterocycles. The fraction of sp³-hybridized carbons (Fsp3) is 0.773. The summed E-state index contributed by atoms with van der Waals surface area (Å²) in [5, 5.41) is 28.7. The van der Waals surface area contributed by atoms with Crippen molar-refractivity contribution in [2.75, 3.05) is 26.2 Å². The molecule has 2 N–H and O–H groups in total. The first-order valence-electron chi connectivity index (χ1n) is 10.9. The number of carbonyl (C=O) groups is 3. The number of quaternary nitrogens is 1. The molecule has 0 fully saturated rings. The van der Waals surface area contributed by atoms with E-state index in [-0.39, 0.29) is 19.3 Å². The van der Waals surface area contributed by atoms with Gasteiger partial charge in [-0.1, -0.05) is 38.3 Å². The molecule has 0 rings (SSSR count). The van der Waals surface area contributed by atoms with Gasteiger partial charge in [0.15, 0.2) is 0 Å². The molecular formula is C22H39NO6. The fourth-order valence-electron chi connectivity index (χ4n) is 3.63. The SMILES string of the molecule is CCCCCC/C=C/CC[N+](CCCC(=O)[O-])(CCCC(=O)O)CCCC(=O)O. The standard InChI is InChI=1S/C22H39NO6/c1-2-3-4-5-6-7-8-9-16-23(17-10-13-20(24)25,18-11-14-21(26)27)19-12-15-22(28)29/h7-8H,2-6,9-19H2,1H3,(H2-,24,25,26,27,28,29)/b8-7+. The quantitative estimate of drug-likeness (QED) is 0.180. The Morgan fingerprint density at radius 2 is 1.24 bits per heavy atom. The maximum atomic E-state index is 10.9. The number of aliphatic carboxylic acids is 3. The molecule has 0 unspecified atom stereocenters. The molecule has 0 aromatic carbocycles. The van der Waals surface area contributed by atoms with E-state index in [9.17, 15) is 19.5 Å². The minimum Gasteiger partial charge on any atom is -0.550 e. The molecule has 0 aliphatic carbocycles. The van der Waals surface area contributed by atoms with Crippen LogP contribution in [0.4, 0.5) is 0 Å². The lowest BCUT2D eigenvalue weighted by Gasteiger charge is -2.39. The predicted octanol–water partition coefficient (Wildman–Crippen LogP) is 2.98. The Morgan fingerprint density at radius 3 is 1.72 bits per heavy atom. The van der Waals surface area contributed by atoms with Crippen molar-refractivity contribution in [3.8, 4) is 0 Å². The van der Waals surface area contributed by atoms with Crippen molar-refractivity contribution in [1.82, 2.24) is 0 Å². The zero-order valence-electron chi connectivity index (χ0n) is 17.9. The monoisotopic (exact) mass is 413 g/mol. The first kappa shape index (κ1) is 27.1. The highest BCUT2D eigenvalue weighted by molar-refractivity contribution is 5.66. The van der Waals surface area contributed by atoms with Gasteiger partial charge >= 0.3 is 11.9 Å². The third-order valence-electron chi connectivity index (χ3n) is 5.22. The highest BCUT2D eigenvalue weighted by atomic mass is 16.4. The second-order valence-corrected chi connectivity index (χ2v) is 7.82. The van der Waals surface area contributed by atoms with Gasteiger partial charge in [-0.25, -0.2) is 0 Å². The van der Waals surface area contributed by atoms with E-state index < -0.39 is 17.9 Å². The molecule has 0 aliphatic heterocycles. The highest BCUT2D eigenvalue weighted by Crippen LogP contribution is 2.17. The summed E-state index contributed by atoms with van der Waals surface area (Å²) in [7, 11) is 0. The van der Waals surface area contributed by atoms with Crippen molar-refractivity contribution in [2.45, 2.75) is 84.0 Å². The number of hydrogen-bond acceptors (Lipinski definition) is 4. The third kappa shape index (κ3) is 16.7. The van der Waals surface area contributed by atoms with Gasteiger partial charge in [-0.05, 0) is 19.3 Å². The second kappa shape index (κ2) is 17.0. The molecule has 0 atom stereocenters. The Labute approximate surface area is 175 Å². The van der Waals surface area contributed by atoms with E-state index in [1.807, 2.05) is 0 Å². The van der Waals surface area contributed by atoms with Gasteiger partial charge in [-0.15, -0.1) is 0 Å². The van der Waals surface area contributed by atoms with Crippen molar-refractivity contribution < 1.29 is 34.2 Å². The van der Waals surface area contributed by atoms with Crippen molar-refractivity contribution in [3.05, 3.63) is 12.2 Å². The van der Waals surface area contributed by atoms with E-state index in [4.69, 9.17) is 10.2 Å². The molecule has 168 valence electrons. The Bertz CT molecular complexity index is 453. The van der Waals surface area contributed by atoms with Gasteiger partial charge in [-0.2, -0.15) is 0 Å². The van der Waals surface area contributed by atoms with Crippen LogP contribution >= 0.6 is 0 Å². The average molecular weight is 414 g/mol. The molecule has 0 aromatic rings. The summed E-state index contributed by atoms with van der Waals surface area (Å²) < 4.78 is 0.564. The maximum absolute atomic E-state index is 10.9. The minimum absolute atomic E-state index is 0.0366. The van der Waals surface area contributed by atoms with Crippen LogP contribution in [0, 0.1) is 0 Å². The van der Waals surface area contributed by atoms with E-state index in [1.54, 1.807) is 0 Å². The molecule has 7 heteroatoms. The zero-order valence-corrected chi connectivity index (χ0v) is 17.9. The smallest absolute Gasteiger partial charge is 0.303 e. The number of unbranched alkanes of at least 4 members (excludes halogenated alkanes) is 4. The molecule has 7 nitrogen and oxygen atoms in total. The van der Waals surface area contributed by atoms with Crippen molar-refractivity contribution in [3.63, 3.8) is 0 Å². The number of carbonyl (C=O) groups excluding carboxylic acids is 1. The molecule has 0 amide bonds. The molecule has 29 heavy (non-hydrogen) atoms. The number of nitrogens with zero attached hydrogens (tertiary/aromatic N) is 1. The first-order valence-corrected chi connectivity index (χ1v) is 10.9. The van der Waals surface area contributed by atoms with Crippen LogP contribution in [0.25, 0.3) is 0 Å². The molecule has 0 saturated heterocycles. The van der Waals surface area contributed by atoms with Gasteiger partial charge in [-0.3, -0.25) is 9.59 Å². The van der Waals surface area contributed by atoms with Gasteiger partial charge < -0.3 is 24.6 Å². The van der Waals surface area contributed by atoms with Crippen LogP contribution in [0.3, 0.4) is 0 Å². The van der Waals surface area contributed by atoms with Crippen LogP contribution < -0.4 is 5.11 Å². The molecule has 0 aliphatic rings. The van der Waals surface area contributed by atoms with Crippen LogP contribution in [0.1, 0.15) is 84.0 Å². The van der Waals surface area contributed by atoms with Crippen LogP contribution in [-0.2, 0) is 14.4 Å². The summed E-state index contributed by atoms with van der Waals surface area (Å²) in [5.41, 5.74) is 0. The number of carboxylic acids is 3. The van der Waals surface area contributed by atoms with Gasteiger partial charge in [0.25, 0.3) is 0 Å². The van der Waals surface area contributed by atoms with Crippen LogP contribution in [0.2, 0.25) is 0 Å². The fourth-order valence-corrected chi connectivity index (χ4v) is 3.63. The normalized spacial score (nSPS) is 11.8. The predicted molar refractivity (Wildman–Crippen MR) is 110 cm³/mol. The molecule has 0 radical (unpaired) electrons. The lowest BCUT2D eigenvalue weighted by molar-refractivity contribution is -0.928. The van der Waals surface area contributed by atoms with Crippen LogP contribution in [0.5, 0.6) is 0 Å². The third-order valence-corrected chi connectivity index (χ3v) is 5.22. The largest absolute Gasteiger partial charge is 0.550 e. The molecule has 0 saturated carbocycles. The summed E-state index contributed by atoms with van der Waals surface area (Å²) in [6, 6.07) is 0. The first-order chi connectivity index (χ1) is 13.8. The van der Waals surface area contributed by atoms with Gasteiger partial charge in [0.1, 0.15) is 0 Å². The van der Waals surface area contributed by atoms with Gasteiger partial charge in [0.2, 0.25) is 0 Å². The van der Waals surface area contributed by atoms with Crippen LogP contribution in [0.15, 0.2) is 12.2 Å². The summed E-state index contributed by atoms with van der Waals surface area (Å²) in [6.07, 6.45) is 12.6. The minimum atomic E-state index is -1.09. The van der Waals surface area contributed by atoms with E-state index in [0.29, 0.717) is 43.4 Å². The topological polar surface area (TPSA) is 115 Å². The molecule has 0 spiro atoms. The number of allylic oxidation sites excluding steroid dienone is 1. The Morgan fingerprint density at radius 1 is 0.724 bits per heavy atom. The lowest BCUT2D eigenvalue weighted by Crippen LogP contribution is -2.51. The van der Waals surface area contributed by atoms with E-state index in [0.717, 1.165) is 19.4 Å². The highest BCUT2D eigenvalue weighted by Gasteiger charge is 2.26. The second-order valence-electron chi connectivity index (χ2n) is 7.82. The summed E-state index contributed by atoms with van der Waals surface area (Å²) in [6.45, 7) is 4.77. The number of carboxylic acid groups (broad SMARTS) is 3. The molecule has 0 bridgehead atoms. The van der Waals surface area contributed by atoms with Crippen molar-refractivity contribution in [2.24, 2.45) is 0 Å². The number of rotatable bonds is 20. The maximum Gasteiger partial charge on any atom is 0.303 e. The summed E-state index contributed by atoms with van der Waals surface area (Å²) in [5.74, 6) is -2.79. The Hall–Kier alpha value is -1.89. The molecular weight excluding hydrogens is 374 g/mol. The summed E-state index contributed by atoms with van der Waals surface area (Å²) >= 11 is 0. The Balaban J connectivity index is 4.87. The van der Waals surface area contributed by atoms with Crippen LogP contribution in [-0.4, -0.2) is 58.8 Å². The lowest BCUT2D eigenvalue weighted by atomic mass is 10.1. The van der Waals surface area contributed by atoms with Crippen molar-refractivity contribution in [1.29, 1.82) is 0 Å². The average Bonchev–Trinajstić information content (AvgIpc) is 2.63. The summed E-state index contributed by atoms with van der Waals surface area (Å²) in [4.78, 5) is 32.6. The van der Waals surface area contributed by atoms with E-state index >= 15 is 0 Å². The molecule has 0 heterocycles. The number of hydrogen-bond donors (Lipinski definition) is 2. The van der Waals surface area contributed by atoms with Gasteiger partial charge in [0.05, 0.1) is 39.0 Å². The van der Waals surface area contributed by atoms with E-state index in [1.165, 1.54) is 25.7 Å². The van der Waals surface area contributed by atoms with E-state index in [2.05, 4.69) is 19.1 Å². The van der Waals surface area contributed by atoms with Crippen molar-refractivity contribution >= 4 is 17.9 Å².